The monoisotopic (exact) mass is 495 g/mol. The van der Waals surface area contributed by atoms with Crippen LogP contribution in [0.5, 0.6) is 0 Å². The molecule has 0 unspecified atom stereocenters. The molecule has 0 heterocycles. The van der Waals surface area contributed by atoms with Crippen molar-refractivity contribution >= 4 is 27.3 Å². The number of anilines is 1. The molecule has 3 aromatic rings. The summed E-state index contributed by atoms with van der Waals surface area (Å²) in [6.45, 7) is 9.45. The van der Waals surface area contributed by atoms with Crippen molar-refractivity contribution in [1.82, 2.24) is 5.43 Å². The zero-order valence-corrected chi connectivity index (χ0v) is 21.4. The van der Waals surface area contributed by atoms with E-state index in [2.05, 4.69) is 31.3 Å². The molecule has 3 rings (SSSR count). The summed E-state index contributed by atoms with van der Waals surface area (Å²) in [4.78, 5) is 12.8. The van der Waals surface area contributed by atoms with Crippen molar-refractivity contribution in [3.63, 3.8) is 0 Å². The number of benzene rings is 3. The predicted molar refractivity (Wildman–Crippen MR) is 138 cm³/mol. The third-order valence-electron chi connectivity index (χ3n) is 5.53. The molecule has 0 fully saturated rings. The van der Waals surface area contributed by atoms with E-state index in [4.69, 9.17) is 0 Å². The van der Waals surface area contributed by atoms with Crippen LogP contribution in [0.25, 0.3) is 0 Å². The molecular formula is C27H30FN3O3S. The molecular weight excluding hydrogens is 465 g/mol. The van der Waals surface area contributed by atoms with Gasteiger partial charge in [0.25, 0.3) is 15.9 Å². The summed E-state index contributed by atoms with van der Waals surface area (Å²) in [5.41, 5.74) is 6.11. The molecule has 0 saturated carbocycles. The van der Waals surface area contributed by atoms with E-state index in [1.807, 2.05) is 31.2 Å². The number of hydrogen-bond acceptors (Lipinski definition) is 4. The van der Waals surface area contributed by atoms with Crippen molar-refractivity contribution in [3.05, 3.63) is 95.3 Å². The minimum absolute atomic E-state index is 0.0184. The summed E-state index contributed by atoms with van der Waals surface area (Å²) in [5, 5.41) is 4.15. The van der Waals surface area contributed by atoms with Crippen LogP contribution in [0.2, 0.25) is 0 Å². The molecule has 0 aliphatic rings. The average Bonchev–Trinajstić information content (AvgIpc) is 2.81. The first-order valence-corrected chi connectivity index (χ1v) is 12.6. The van der Waals surface area contributed by atoms with E-state index in [1.165, 1.54) is 29.8 Å². The standard InChI is InChI=1S/C27H30FN3O3S/c1-19-6-16-25(17-7-19)35(33,34)31(24-14-12-23(28)13-15-24)18-26(32)30-29-20(2)21-8-10-22(11-9-21)27(3,4)5/h6-17H,18H2,1-5H3,(H,30,32)/b29-20-. The van der Waals surface area contributed by atoms with Gasteiger partial charge in [-0.15, -0.1) is 0 Å². The van der Waals surface area contributed by atoms with Crippen molar-refractivity contribution in [2.75, 3.05) is 10.8 Å². The second-order valence-corrected chi connectivity index (χ2v) is 11.2. The second-order valence-electron chi connectivity index (χ2n) is 9.36. The van der Waals surface area contributed by atoms with E-state index in [-0.39, 0.29) is 16.0 Å². The van der Waals surface area contributed by atoms with Gasteiger partial charge < -0.3 is 0 Å². The Hall–Kier alpha value is -3.52. The Morgan fingerprint density at radius 1 is 0.943 bits per heavy atom. The Morgan fingerprint density at radius 2 is 1.51 bits per heavy atom. The number of sulfonamides is 1. The topological polar surface area (TPSA) is 78.8 Å². The van der Waals surface area contributed by atoms with Gasteiger partial charge >= 0.3 is 0 Å². The lowest BCUT2D eigenvalue weighted by Crippen LogP contribution is -2.39. The van der Waals surface area contributed by atoms with Crippen LogP contribution in [-0.2, 0) is 20.2 Å². The minimum Gasteiger partial charge on any atom is -0.271 e. The number of carbonyl (C=O) groups excluding carboxylic acids is 1. The van der Waals surface area contributed by atoms with Crippen LogP contribution in [0.15, 0.2) is 82.8 Å². The third-order valence-corrected chi connectivity index (χ3v) is 7.32. The van der Waals surface area contributed by atoms with Gasteiger partial charge in [-0.1, -0.05) is 62.7 Å². The fourth-order valence-corrected chi connectivity index (χ4v) is 4.77. The van der Waals surface area contributed by atoms with Crippen LogP contribution in [0.3, 0.4) is 0 Å². The lowest BCUT2D eigenvalue weighted by Gasteiger charge is -2.23. The highest BCUT2D eigenvalue weighted by molar-refractivity contribution is 7.92. The largest absolute Gasteiger partial charge is 0.271 e. The fourth-order valence-electron chi connectivity index (χ4n) is 3.35. The minimum atomic E-state index is -4.09. The molecule has 0 aliphatic carbocycles. The molecule has 6 nitrogen and oxygen atoms in total. The number of aryl methyl sites for hydroxylation is 1. The number of carbonyl (C=O) groups is 1. The molecule has 0 bridgehead atoms. The molecule has 184 valence electrons. The van der Waals surface area contributed by atoms with Crippen LogP contribution >= 0.6 is 0 Å². The van der Waals surface area contributed by atoms with Gasteiger partial charge in [0.05, 0.1) is 16.3 Å². The van der Waals surface area contributed by atoms with E-state index < -0.39 is 28.3 Å². The number of hydrazone groups is 1. The third kappa shape index (κ3) is 6.54. The molecule has 0 saturated heterocycles. The Labute approximate surface area is 206 Å². The number of nitrogens with one attached hydrogen (secondary N) is 1. The number of halogens is 1. The van der Waals surface area contributed by atoms with E-state index >= 15 is 0 Å². The normalized spacial score (nSPS) is 12.3. The van der Waals surface area contributed by atoms with Gasteiger partial charge in [-0.25, -0.2) is 18.2 Å². The van der Waals surface area contributed by atoms with Crippen molar-refractivity contribution in [2.45, 2.75) is 44.9 Å². The molecule has 0 atom stereocenters. The van der Waals surface area contributed by atoms with E-state index in [1.54, 1.807) is 19.1 Å². The summed E-state index contributed by atoms with van der Waals surface area (Å²) in [7, 11) is -4.09. The maximum atomic E-state index is 13.5. The SMILES string of the molecule is C/C(=N/NC(=O)CN(c1ccc(F)cc1)S(=O)(=O)c1ccc(C)cc1)c1ccc(C(C)(C)C)cc1. The zero-order chi connectivity index (χ0) is 25.8. The maximum Gasteiger partial charge on any atom is 0.264 e. The Balaban J connectivity index is 1.82. The Kier molecular flexibility index (Phi) is 7.75. The molecule has 0 aromatic heterocycles. The molecule has 1 N–H and O–H groups in total. The molecule has 35 heavy (non-hydrogen) atoms. The lowest BCUT2D eigenvalue weighted by molar-refractivity contribution is -0.119. The first-order valence-electron chi connectivity index (χ1n) is 11.2. The zero-order valence-electron chi connectivity index (χ0n) is 20.5. The van der Waals surface area contributed by atoms with Gasteiger partial charge in [-0.3, -0.25) is 9.10 Å². The highest BCUT2D eigenvalue weighted by Gasteiger charge is 2.27. The number of hydrogen-bond donors (Lipinski definition) is 1. The maximum absolute atomic E-state index is 13.5. The Bertz CT molecular complexity index is 1310. The van der Waals surface area contributed by atoms with E-state index in [9.17, 15) is 17.6 Å². The molecule has 0 spiro atoms. The smallest absolute Gasteiger partial charge is 0.264 e. The molecule has 1 amide bonds. The quantitative estimate of drug-likeness (QED) is 0.363. The highest BCUT2D eigenvalue weighted by Crippen LogP contribution is 2.24. The van der Waals surface area contributed by atoms with Crippen molar-refractivity contribution in [1.29, 1.82) is 0 Å². The van der Waals surface area contributed by atoms with Gasteiger partial charge in [-0.2, -0.15) is 5.10 Å². The van der Waals surface area contributed by atoms with Gasteiger partial charge in [0.1, 0.15) is 12.4 Å². The summed E-state index contributed by atoms with van der Waals surface area (Å²) in [6, 6.07) is 19.1. The van der Waals surface area contributed by atoms with Gasteiger partial charge in [0.15, 0.2) is 0 Å². The predicted octanol–water partition coefficient (Wildman–Crippen LogP) is 5.17. The molecule has 0 aliphatic heterocycles. The summed E-state index contributed by atoms with van der Waals surface area (Å²) < 4.78 is 41.1. The van der Waals surface area contributed by atoms with Crippen LogP contribution in [0, 0.1) is 12.7 Å². The van der Waals surface area contributed by atoms with E-state index in [0.717, 1.165) is 27.6 Å². The second kappa shape index (κ2) is 10.4. The first kappa shape index (κ1) is 26.1. The first-order chi connectivity index (χ1) is 16.4. The van der Waals surface area contributed by atoms with Gasteiger partial charge in [0.2, 0.25) is 0 Å². The van der Waals surface area contributed by atoms with Crippen LogP contribution < -0.4 is 9.73 Å². The summed E-state index contributed by atoms with van der Waals surface area (Å²) in [5.74, 6) is -1.14. The van der Waals surface area contributed by atoms with Crippen LogP contribution in [0.4, 0.5) is 10.1 Å². The number of nitrogens with zero attached hydrogens (tertiary/aromatic N) is 2. The highest BCUT2D eigenvalue weighted by atomic mass is 32.2. The van der Waals surface area contributed by atoms with E-state index in [0.29, 0.717) is 5.71 Å². The fraction of sp³-hybridized carbons (Fsp3) is 0.259. The van der Waals surface area contributed by atoms with Gasteiger partial charge in [0, 0.05) is 0 Å². The lowest BCUT2D eigenvalue weighted by atomic mass is 9.86. The molecule has 8 heteroatoms. The Morgan fingerprint density at radius 3 is 2.06 bits per heavy atom. The van der Waals surface area contributed by atoms with Crippen molar-refractivity contribution < 1.29 is 17.6 Å². The van der Waals surface area contributed by atoms with Crippen LogP contribution in [-0.4, -0.2) is 26.6 Å². The molecule has 3 aromatic carbocycles. The molecule has 0 radical (unpaired) electrons. The number of rotatable bonds is 7. The number of amides is 1. The van der Waals surface area contributed by atoms with Gasteiger partial charge in [-0.05, 0) is 66.8 Å². The summed E-state index contributed by atoms with van der Waals surface area (Å²) >= 11 is 0. The van der Waals surface area contributed by atoms with Crippen molar-refractivity contribution in [3.8, 4) is 0 Å². The van der Waals surface area contributed by atoms with Crippen molar-refractivity contribution in [2.24, 2.45) is 5.10 Å². The average molecular weight is 496 g/mol. The summed E-state index contributed by atoms with van der Waals surface area (Å²) in [6.07, 6.45) is 0. The van der Waals surface area contributed by atoms with Crippen LogP contribution in [0.1, 0.15) is 44.4 Å².